The summed E-state index contributed by atoms with van der Waals surface area (Å²) in [4.78, 5) is 0. The Morgan fingerprint density at radius 1 is 0.444 bits per heavy atom. The van der Waals surface area contributed by atoms with Gasteiger partial charge in [0, 0.05) is 25.6 Å². The van der Waals surface area contributed by atoms with E-state index in [1.54, 1.807) is 20.7 Å². The lowest BCUT2D eigenvalue weighted by Gasteiger charge is -2.29. The number of thiophene rings is 1. The first-order valence-electron chi connectivity index (χ1n) is 12.5. The molecule has 0 N–H and O–H groups in total. The Balaban J connectivity index is 1.58. The molecule has 9 rings (SSSR count). The summed E-state index contributed by atoms with van der Waals surface area (Å²) in [6, 6.07) is 46.1. The molecule has 0 atom stereocenters. The molecular weight excluding hydrogens is 469 g/mol. The van der Waals surface area contributed by atoms with Crippen LogP contribution in [0.4, 0.5) is 0 Å². The molecule has 1 spiro atoms. The van der Waals surface area contributed by atoms with Crippen molar-refractivity contribution in [3.05, 3.63) is 121 Å². The van der Waals surface area contributed by atoms with Crippen LogP contribution in [0.5, 0.6) is 0 Å². The molecule has 7 aromatic rings. The van der Waals surface area contributed by atoms with Crippen molar-refractivity contribution < 1.29 is 0 Å². The van der Waals surface area contributed by atoms with Crippen LogP contribution in [0.15, 0.2) is 121 Å². The van der Waals surface area contributed by atoms with E-state index < -0.39 is 8.07 Å². The highest BCUT2D eigenvalue weighted by molar-refractivity contribution is 7.28. The van der Waals surface area contributed by atoms with Gasteiger partial charge in [0.2, 0.25) is 0 Å². The molecule has 0 unspecified atom stereocenters. The third-order valence-corrected chi connectivity index (χ3v) is 14.7. The van der Waals surface area contributed by atoms with Gasteiger partial charge in [0.1, 0.15) is 0 Å². The van der Waals surface area contributed by atoms with Crippen molar-refractivity contribution in [2.75, 3.05) is 0 Å². The molecule has 0 fully saturated rings. The third kappa shape index (κ3) is 2.09. The summed E-state index contributed by atoms with van der Waals surface area (Å²) < 4.78 is 2.81. The summed E-state index contributed by atoms with van der Waals surface area (Å²) in [5, 5.41) is 11.8. The first kappa shape index (κ1) is 19.2. The van der Waals surface area contributed by atoms with Gasteiger partial charge in [0.25, 0.3) is 0 Å². The maximum Gasteiger partial charge on any atom is 0.182 e. The molecule has 0 saturated heterocycles. The van der Waals surface area contributed by atoms with Crippen molar-refractivity contribution >= 4 is 71.1 Å². The second kappa shape index (κ2) is 6.61. The number of benzene rings is 6. The van der Waals surface area contributed by atoms with Crippen LogP contribution in [0.1, 0.15) is 0 Å². The fraction of sp³-hybridized carbons (Fsp3) is 0. The monoisotopic (exact) mass is 488 g/mol. The quantitative estimate of drug-likeness (QED) is 0.213. The van der Waals surface area contributed by atoms with Crippen LogP contribution in [-0.2, 0) is 0 Å². The summed E-state index contributed by atoms with van der Waals surface area (Å²) in [5.74, 6) is 0. The smallest absolute Gasteiger partial charge is 0.135 e. The van der Waals surface area contributed by atoms with Crippen LogP contribution < -0.4 is 20.7 Å². The Kier molecular flexibility index (Phi) is 3.53. The van der Waals surface area contributed by atoms with Crippen molar-refractivity contribution in [1.82, 2.24) is 0 Å². The lowest BCUT2D eigenvalue weighted by molar-refractivity contribution is 1.71. The van der Waals surface area contributed by atoms with E-state index in [9.17, 15) is 0 Å². The van der Waals surface area contributed by atoms with Crippen LogP contribution in [0.25, 0.3) is 53.2 Å². The van der Waals surface area contributed by atoms with Gasteiger partial charge in [0.05, 0.1) is 0 Å². The average molecular weight is 489 g/mol. The zero-order valence-electron chi connectivity index (χ0n) is 19.5. The minimum Gasteiger partial charge on any atom is -0.135 e. The number of hydrogen-bond acceptors (Lipinski definition) is 1. The van der Waals surface area contributed by atoms with Gasteiger partial charge in [-0.15, -0.1) is 11.3 Å². The van der Waals surface area contributed by atoms with Crippen molar-refractivity contribution in [3.8, 4) is 22.3 Å². The van der Waals surface area contributed by atoms with Crippen molar-refractivity contribution in [1.29, 1.82) is 0 Å². The molecule has 2 heteroatoms. The number of fused-ring (bicyclic) bond motifs is 16. The molecule has 0 aliphatic carbocycles. The molecule has 0 amide bonds. The van der Waals surface area contributed by atoms with Gasteiger partial charge in [-0.05, 0) is 54.5 Å². The van der Waals surface area contributed by atoms with Crippen molar-refractivity contribution in [2.45, 2.75) is 0 Å². The van der Waals surface area contributed by atoms with Gasteiger partial charge >= 0.3 is 0 Å². The maximum atomic E-state index is 2.43. The van der Waals surface area contributed by atoms with E-state index in [1.165, 1.54) is 53.2 Å². The summed E-state index contributed by atoms with van der Waals surface area (Å²) in [5.41, 5.74) is 5.69. The maximum absolute atomic E-state index is 2.48. The SMILES string of the molecule is c1ccc2c(c1)-c1ccccc1[Si]21c2ccccc2-c2ccc3ccc4c5ccccc5sc4c3c21. The van der Waals surface area contributed by atoms with Crippen molar-refractivity contribution in [3.63, 3.8) is 0 Å². The highest BCUT2D eigenvalue weighted by Crippen LogP contribution is 2.43. The molecule has 0 bridgehead atoms. The minimum atomic E-state index is -2.48. The zero-order valence-corrected chi connectivity index (χ0v) is 21.3. The lowest BCUT2D eigenvalue weighted by Crippen LogP contribution is -2.70. The van der Waals surface area contributed by atoms with Gasteiger partial charge in [-0.2, -0.15) is 0 Å². The van der Waals surface area contributed by atoms with Gasteiger partial charge in [-0.1, -0.05) is 115 Å². The second-order valence-corrected chi connectivity index (χ2v) is 14.7. The molecule has 6 aromatic carbocycles. The lowest BCUT2D eigenvalue weighted by atomic mass is 10.00. The fourth-order valence-electron chi connectivity index (χ4n) is 7.18. The van der Waals surface area contributed by atoms with E-state index in [1.807, 2.05) is 11.3 Å². The summed E-state index contributed by atoms with van der Waals surface area (Å²) in [6.45, 7) is 0. The van der Waals surface area contributed by atoms with E-state index in [-0.39, 0.29) is 0 Å². The van der Waals surface area contributed by atoms with Crippen LogP contribution in [-0.4, -0.2) is 8.07 Å². The van der Waals surface area contributed by atoms with E-state index in [0.717, 1.165) is 0 Å². The van der Waals surface area contributed by atoms with Crippen LogP contribution in [0.2, 0.25) is 0 Å². The standard InChI is InChI=1S/C34H20SSi/c1-5-13-28-22(9-1)26-19-17-21-18-20-27-25-12-4-8-16-31(25)36(34(27)32(21)33(26)35-28)29-14-6-2-10-23(29)24-11-3-7-15-30(24)36/h1-20H. The van der Waals surface area contributed by atoms with Gasteiger partial charge in [-0.3, -0.25) is 0 Å². The molecule has 0 nitrogen and oxygen atoms in total. The topological polar surface area (TPSA) is 0 Å². The Bertz CT molecular complexity index is 2000. The Morgan fingerprint density at radius 2 is 1.00 bits per heavy atom. The number of rotatable bonds is 0. The Labute approximate surface area is 214 Å². The third-order valence-electron chi connectivity index (χ3n) is 8.48. The van der Waals surface area contributed by atoms with Crippen LogP contribution in [0, 0.1) is 0 Å². The summed E-state index contributed by atoms with van der Waals surface area (Å²) >= 11 is 1.96. The first-order chi connectivity index (χ1) is 17.9. The van der Waals surface area contributed by atoms with E-state index in [2.05, 4.69) is 121 Å². The second-order valence-electron chi connectivity index (χ2n) is 10.0. The van der Waals surface area contributed by atoms with Gasteiger partial charge < -0.3 is 0 Å². The Morgan fingerprint density at radius 3 is 1.69 bits per heavy atom. The highest BCUT2D eigenvalue weighted by atomic mass is 32.1. The predicted octanol–water partition coefficient (Wildman–Crippen LogP) is 6.55. The summed E-state index contributed by atoms with van der Waals surface area (Å²) in [7, 11) is -2.48. The van der Waals surface area contributed by atoms with Crippen LogP contribution >= 0.6 is 11.3 Å². The van der Waals surface area contributed by atoms with E-state index >= 15 is 0 Å². The van der Waals surface area contributed by atoms with E-state index in [4.69, 9.17) is 0 Å². The van der Waals surface area contributed by atoms with Gasteiger partial charge in [0.15, 0.2) is 8.07 Å². The largest absolute Gasteiger partial charge is 0.182 e. The molecule has 166 valence electrons. The molecule has 3 heterocycles. The predicted molar refractivity (Wildman–Crippen MR) is 158 cm³/mol. The normalized spacial score (nSPS) is 14.3. The molecular formula is C34H20SSi. The molecule has 1 aromatic heterocycles. The summed E-state index contributed by atoms with van der Waals surface area (Å²) in [6.07, 6.45) is 0. The molecule has 2 aliphatic heterocycles. The highest BCUT2D eigenvalue weighted by Gasteiger charge is 2.54. The molecule has 0 saturated carbocycles. The molecule has 0 radical (unpaired) electrons. The fourth-order valence-corrected chi connectivity index (χ4v) is 14.4. The minimum absolute atomic E-state index is 1.36. The average Bonchev–Trinajstić information content (AvgIpc) is 3.57. The Hall–Kier alpha value is -3.98. The molecule has 2 aliphatic rings. The first-order valence-corrected chi connectivity index (χ1v) is 15.4. The zero-order chi connectivity index (χ0) is 23.4. The van der Waals surface area contributed by atoms with Crippen molar-refractivity contribution in [2.24, 2.45) is 0 Å². The molecule has 36 heavy (non-hydrogen) atoms. The van der Waals surface area contributed by atoms with Gasteiger partial charge in [-0.25, -0.2) is 0 Å². The number of hydrogen-bond donors (Lipinski definition) is 0. The van der Waals surface area contributed by atoms with E-state index in [0.29, 0.717) is 0 Å². The van der Waals surface area contributed by atoms with Crippen LogP contribution in [0.3, 0.4) is 0 Å².